The molecule has 0 unspecified atom stereocenters. The fourth-order valence-electron chi connectivity index (χ4n) is 2.88. The fourth-order valence-corrected chi connectivity index (χ4v) is 3.38. The van der Waals surface area contributed by atoms with Crippen LogP contribution in [-0.4, -0.2) is 35.6 Å². The lowest BCUT2D eigenvalue weighted by Gasteiger charge is -2.12. The summed E-state index contributed by atoms with van der Waals surface area (Å²) in [5.74, 6) is 1.18. The molecule has 158 valence electrons. The molecule has 1 aromatic carbocycles. The van der Waals surface area contributed by atoms with Gasteiger partial charge in [-0.2, -0.15) is 11.8 Å². The summed E-state index contributed by atoms with van der Waals surface area (Å²) >= 11 is 1.90. The highest BCUT2D eigenvalue weighted by Crippen LogP contribution is 2.24. The van der Waals surface area contributed by atoms with Crippen molar-refractivity contribution in [2.75, 3.05) is 23.9 Å². The molecule has 0 spiro atoms. The predicted molar refractivity (Wildman–Crippen MR) is 117 cm³/mol. The zero-order valence-electron chi connectivity index (χ0n) is 17.1. The first-order valence-corrected chi connectivity index (χ1v) is 11.7. The molecule has 0 saturated heterocycles. The number of amides is 1. The van der Waals surface area contributed by atoms with Crippen LogP contribution in [0, 0.1) is 0 Å². The van der Waals surface area contributed by atoms with Gasteiger partial charge in [0.05, 0.1) is 12.3 Å². The summed E-state index contributed by atoms with van der Waals surface area (Å²) in [6.45, 7) is 0.517. The molecular formula is C22H35NO4S. The number of unbranched alkanes of at least 4 members (excludes halogenated alkanes) is 7. The van der Waals surface area contributed by atoms with Crippen molar-refractivity contribution in [3.05, 3.63) is 24.3 Å². The third-order valence-electron chi connectivity index (χ3n) is 4.46. The second-order valence-corrected chi connectivity index (χ2v) is 7.95. The average Bonchev–Trinajstić information content (AvgIpc) is 2.67. The van der Waals surface area contributed by atoms with Gasteiger partial charge in [-0.1, -0.05) is 37.8 Å². The highest BCUT2D eigenvalue weighted by Gasteiger charge is 2.07. The number of carbonyl (C=O) groups excluding carboxylic acids is 1. The Bertz CT molecular complexity index is 565. The highest BCUT2D eigenvalue weighted by atomic mass is 32.2. The Morgan fingerprint density at radius 1 is 0.929 bits per heavy atom. The third-order valence-corrected chi connectivity index (χ3v) is 5.15. The Hall–Kier alpha value is -1.69. The zero-order valence-corrected chi connectivity index (χ0v) is 17.9. The van der Waals surface area contributed by atoms with Crippen molar-refractivity contribution in [3.8, 4) is 5.75 Å². The third kappa shape index (κ3) is 12.7. The van der Waals surface area contributed by atoms with Gasteiger partial charge < -0.3 is 15.2 Å². The molecule has 0 bridgehead atoms. The Balaban J connectivity index is 2.20. The van der Waals surface area contributed by atoms with Crippen molar-refractivity contribution in [3.63, 3.8) is 0 Å². The van der Waals surface area contributed by atoms with Crippen LogP contribution < -0.4 is 10.1 Å². The first-order chi connectivity index (χ1) is 13.6. The van der Waals surface area contributed by atoms with Crippen LogP contribution in [0.3, 0.4) is 0 Å². The minimum absolute atomic E-state index is 0.0277. The number of thioether (sulfide) groups is 1. The molecule has 0 aliphatic rings. The molecule has 0 radical (unpaired) electrons. The van der Waals surface area contributed by atoms with E-state index in [0.29, 0.717) is 30.9 Å². The summed E-state index contributed by atoms with van der Waals surface area (Å²) in [7, 11) is 0. The van der Waals surface area contributed by atoms with Crippen LogP contribution in [0.25, 0.3) is 0 Å². The molecule has 1 amide bonds. The van der Waals surface area contributed by atoms with Crippen molar-refractivity contribution < 1.29 is 19.4 Å². The summed E-state index contributed by atoms with van der Waals surface area (Å²) in [5, 5.41) is 11.6. The number of ether oxygens (including phenoxy) is 1. The quantitative estimate of drug-likeness (QED) is 0.321. The monoisotopic (exact) mass is 409 g/mol. The van der Waals surface area contributed by atoms with Crippen molar-refractivity contribution in [2.45, 2.75) is 70.6 Å². The topological polar surface area (TPSA) is 75.6 Å². The van der Waals surface area contributed by atoms with E-state index in [1.807, 2.05) is 36.0 Å². The van der Waals surface area contributed by atoms with Crippen LogP contribution in [-0.2, 0) is 9.59 Å². The molecule has 2 N–H and O–H groups in total. The van der Waals surface area contributed by atoms with Gasteiger partial charge in [-0.3, -0.25) is 9.59 Å². The average molecular weight is 410 g/mol. The SMILES string of the molecule is CSCCCCCCCCC(=O)Nc1ccccc1OCCCCCC(=O)O. The van der Waals surface area contributed by atoms with E-state index in [1.165, 1.54) is 31.4 Å². The number of carboxylic acid groups (broad SMARTS) is 1. The van der Waals surface area contributed by atoms with Crippen LogP contribution in [0.5, 0.6) is 5.75 Å². The fraction of sp³-hybridized carbons (Fsp3) is 0.636. The number of benzene rings is 1. The van der Waals surface area contributed by atoms with E-state index >= 15 is 0 Å². The lowest BCUT2D eigenvalue weighted by Crippen LogP contribution is -2.12. The van der Waals surface area contributed by atoms with Crippen LogP contribution in [0.1, 0.15) is 70.6 Å². The second kappa shape index (κ2) is 16.3. The number of nitrogens with one attached hydrogen (secondary N) is 1. The first kappa shape index (κ1) is 24.3. The number of aliphatic carboxylic acids is 1. The van der Waals surface area contributed by atoms with Gasteiger partial charge in [0.2, 0.25) is 5.91 Å². The van der Waals surface area contributed by atoms with Crippen molar-refractivity contribution >= 4 is 29.3 Å². The number of rotatable bonds is 17. The number of carbonyl (C=O) groups is 2. The maximum absolute atomic E-state index is 12.2. The maximum Gasteiger partial charge on any atom is 0.303 e. The molecule has 0 fully saturated rings. The number of hydrogen-bond donors (Lipinski definition) is 2. The van der Waals surface area contributed by atoms with E-state index in [9.17, 15) is 9.59 Å². The molecule has 0 aromatic heterocycles. The van der Waals surface area contributed by atoms with Gasteiger partial charge in [0.25, 0.3) is 0 Å². The van der Waals surface area contributed by atoms with Crippen molar-refractivity contribution in [1.29, 1.82) is 0 Å². The van der Waals surface area contributed by atoms with Crippen LogP contribution in [0.4, 0.5) is 5.69 Å². The summed E-state index contributed by atoms with van der Waals surface area (Å²) in [4.78, 5) is 22.7. The lowest BCUT2D eigenvalue weighted by molar-refractivity contribution is -0.137. The number of para-hydroxylation sites is 2. The number of carboxylic acids is 1. The first-order valence-electron chi connectivity index (χ1n) is 10.4. The normalized spacial score (nSPS) is 10.6. The van der Waals surface area contributed by atoms with Gasteiger partial charge in [-0.05, 0) is 56.2 Å². The summed E-state index contributed by atoms with van der Waals surface area (Å²) < 4.78 is 5.77. The Morgan fingerprint density at radius 3 is 2.32 bits per heavy atom. The molecule has 0 heterocycles. The Morgan fingerprint density at radius 2 is 1.57 bits per heavy atom. The van der Waals surface area contributed by atoms with Crippen LogP contribution in [0.15, 0.2) is 24.3 Å². The Labute approximate surface area is 173 Å². The van der Waals surface area contributed by atoms with Crippen LogP contribution >= 0.6 is 11.8 Å². The summed E-state index contributed by atoms with van der Waals surface area (Å²) in [6, 6.07) is 7.46. The van der Waals surface area contributed by atoms with Crippen molar-refractivity contribution in [1.82, 2.24) is 0 Å². The van der Waals surface area contributed by atoms with Gasteiger partial charge in [-0.15, -0.1) is 0 Å². The molecule has 1 rings (SSSR count). The molecule has 0 aliphatic heterocycles. The van der Waals surface area contributed by atoms with Gasteiger partial charge >= 0.3 is 5.97 Å². The van der Waals surface area contributed by atoms with Gasteiger partial charge in [-0.25, -0.2) is 0 Å². The number of anilines is 1. The molecule has 0 saturated carbocycles. The van der Waals surface area contributed by atoms with Gasteiger partial charge in [0.1, 0.15) is 5.75 Å². The lowest BCUT2D eigenvalue weighted by atomic mass is 10.1. The smallest absolute Gasteiger partial charge is 0.303 e. The van der Waals surface area contributed by atoms with E-state index in [0.717, 1.165) is 25.7 Å². The minimum Gasteiger partial charge on any atom is -0.491 e. The second-order valence-electron chi connectivity index (χ2n) is 6.96. The maximum atomic E-state index is 12.2. The zero-order chi connectivity index (χ0) is 20.5. The highest BCUT2D eigenvalue weighted by molar-refractivity contribution is 7.98. The molecular weight excluding hydrogens is 374 g/mol. The minimum atomic E-state index is -0.760. The molecule has 1 aromatic rings. The summed E-state index contributed by atoms with van der Waals surface area (Å²) in [6.07, 6.45) is 12.2. The van der Waals surface area contributed by atoms with E-state index in [4.69, 9.17) is 9.84 Å². The van der Waals surface area contributed by atoms with E-state index in [1.54, 1.807) is 0 Å². The van der Waals surface area contributed by atoms with Gasteiger partial charge in [0, 0.05) is 12.8 Å². The van der Waals surface area contributed by atoms with E-state index < -0.39 is 5.97 Å². The molecule has 28 heavy (non-hydrogen) atoms. The standard InChI is InChI=1S/C22H35NO4S/c1-28-18-12-5-3-2-4-7-15-21(24)23-19-13-9-10-14-20(19)27-17-11-6-8-16-22(25)26/h9-10,13-14H,2-8,11-12,15-18H2,1H3,(H,23,24)(H,25,26). The predicted octanol–water partition coefficient (Wildman–Crippen LogP) is 5.74. The number of hydrogen-bond acceptors (Lipinski definition) is 4. The Kier molecular flexibility index (Phi) is 14.2. The van der Waals surface area contributed by atoms with Crippen molar-refractivity contribution in [2.24, 2.45) is 0 Å². The largest absolute Gasteiger partial charge is 0.491 e. The molecule has 0 atom stereocenters. The molecule has 5 nitrogen and oxygen atoms in total. The molecule has 6 heteroatoms. The molecule has 0 aliphatic carbocycles. The van der Waals surface area contributed by atoms with E-state index in [2.05, 4.69) is 11.6 Å². The van der Waals surface area contributed by atoms with E-state index in [-0.39, 0.29) is 12.3 Å². The van der Waals surface area contributed by atoms with Gasteiger partial charge in [0.15, 0.2) is 0 Å². The summed E-state index contributed by atoms with van der Waals surface area (Å²) in [5.41, 5.74) is 0.704. The van der Waals surface area contributed by atoms with Crippen LogP contribution in [0.2, 0.25) is 0 Å².